The van der Waals surface area contributed by atoms with Gasteiger partial charge >= 0.3 is 0 Å². The number of rotatable bonds is 2. The van der Waals surface area contributed by atoms with E-state index in [2.05, 4.69) is 44.7 Å². The van der Waals surface area contributed by atoms with Gasteiger partial charge in [0.25, 0.3) is 0 Å². The van der Waals surface area contributed by atoms with E-state index in [1.165, 1.54) is 17.8 Å². The molecule has 1 heterocycles. The van der Waals surface area contributed by atoms with Crippen molar-refractivity contribution in [3.05, 3.63) is 23.4 Å². The number of hydrogen-bond acceptors (Lipinski definition) is 1. The predicted octanol–water partition coefficient (Wildman–Crippen LogP) is 2.81. The first-order valence-corrected chi connectivity index (χ1v) is 4.69. The van der Waals surface area contributed by atoms with Crippen LogP contribution in [0.2, 0.25) is 0 Å². The first kappa shape index (κ1) is 9.37. The second-order valence-electron chi connectivity index (χ2n) is 4.03. The van der Waals surface area contributed by atoms with E-state index >= 15 is 0 Å². The van der Waals surface area contributed by atoms with Crippen LogP contribution in [-0.2, 0) is 0 Å². The Bertz CT molecular complexity index is 211. The molecule has 0 unspecified atom stereocenters. The van der Waals surface area contributed by atoms with Crippen LogP contribution < -0.4 is 0 Å². The maximum Gasteiger partial charge on any atom is 0.0362 e. The van der Waals surface area contributed by atoms with E-state index < -0.39 is 0 Å². The molecule has 0 fully saturated rings. The van der Waals surface area contributed by atoms with Gasteiger partial charge in [0.2, 0.25) is 0 Å². The van der Waals surface area contributed by atoms with Gasteiger partial charge in [-0.05, 0) is 25.8 Å². The fraction of sp³-hybridized carbons (Fsp3) is 0.636. The summed E-state index contributed by atoms with van der Waals surface area (Å²) in [6.45, 7) is 11.1. The van der Waals surface area contributed by atoms with E-state index in [9.17, 15) is 0 Å². The van der Waals surface area contributed by atoms with Gasteiger partial charge in [0, 0.05) is 18.8 Å². The molecule has 0 atom stereocenters. The van der Waals surface area contributed by atoms with Crippen LogP contribution in [0.5, 0.6) is 0 Å². The zero-order valence-corrected chi connectivity index (χ0v) is 8.59. The highest BCUT2D eigenvalue weighted by Crippen LogP contribution is 2.15. The summed E-state index contributed by atoms with van der Waals surface area (Å²) in [7, 11) is 0. The maximum atomic E-state index is 2.43. The van der Waals surface area contributed by atoms with E-state index in [4.69, 9.17) is 0 Å². The Kier molecular flexibility index (Phi) is 2.96. The highest BCUT2D eigenvalue weighted by atomic mass is 15.1. The minimum absolute atomic E-state index is 0.750. The van der Waals surface area contributed by atoms with Crippen molar-refractivity contribution in [3.8, 4) is 0 Å². The number of allylic oxidation sites excluding steroid dienone is 3. The average molecular weight is 165 g/mol. The third-order valence-electron chi connectivity index (χ3n) is 2.15. The van der Waals surface area contributed by atoms with Gasteiger partial charge in [-0.2, -0.15) is 0 Å². The molecule has 0 aromatic heterocycles. The maximum absolute atomic E-state index is 2.43. The van der Waals surface area contributed by atoms with Gasteiger partial charge in [-0.1, -0.05) is 25.5 Å². The normalized spacial score (nSPS) is 17.9. The van der Waals surface area contributed by atoms with Gasteiger partial charge in [-0.3, -0.25) is 0 Å². The highest BCUT2D eigenvalue weighted by molar-refractivity contribution is 5.24. The summed E-state index contributed by atoms with van der Waals surface area (Å²) in [5.74, 6) is 0.750. The molecular weight excluding hydrogens is 146 g/mol. The molecule has 1 aliphatic rings. The van der Waals surface area contributed by atoms with Gasteiger partial charge in [0.15, 0.2) is 0 Å². The van der Waals surface area contributed by atoms with Crippen LogP contribution in [0.4, 0.5) is 0 Å². The molecule has 0 aromatic carbocycles. The van der Waals surface area contributed by atoms with Crippen molar-refractivity contribution in [1.82, 2.24) is 4.90 Å². The van der Waals surface area contributed by atoms with Crippen molar-refractivity contribution >= 4 is 0 Å². The monoisotopic (exact) mass is 165 g/mol. The molecule has 0 bridgehead atoms. The van der Waals surface area contributed by atoms with Crippen molar-refractivity contribution in [2.24, 2.45) is 5.92 Å². The van der Waals surface area contributed by atoms with Crippen molar-refractivity contribution in [2.75, 3.05) is 13.1 Å². The Labute approximate surface area is 75.8 Å². The summed E-state index contributed by atoms with van der Waals surface area (Å²) < 4.78 is 0. The molecule has 0 aliphatic carbocycles. The molecule has 0 spiro atoms. The first-order chi connectivity index (χ1) is 5.59. The van der Waals surface area contributed by atoms with Crippen LogP contribution in [0.1, 0.15) is 27.7 Å². The summed E-state index contributed by atoms with van der Waals surface area (Å²) in [5, 5.41) is 0. The average Bonchev–Trinajstić information content (AvgIpc) is 1.94. The van der Waals surface area contributed by atoms with Crippen molar-refractivity contribution in [3.63, 3.8) is 0 Å². The largest absolute Gasteiger partial charge is 0.371 e. The third kappa shape index (κ3) is 2.40. The van der Waals surface area contributed by atoms with E-state index in [1.54, 1.807) is 0 Å². The van der Waals surface area contributed by atoms with Crippen LogP contribution in [0.15, 0.2) is 23.4 Å². The summed E-state index contributed by atoms with van der Waals surface area (Å²) in [5.41, 5.74) is 2.80. The van der Waals surface area contributed by atoms with E-state index in [0.717, 1.165) is 12.5 Å². The second-order valence-corrected chi connectivity index (χ2v) is 4.03. The molecule has 1 rings (SSSR count). The first-order valence-electron chi connectivity index (χ1n) is 4.69. The quantitative estimate of drug-likeness (QED) is 0.608. The molecule has 1 aliphatic heterocycles. The zero-order valence-electron chi connectivity index (χ0n) is 8.59. The standard InChI is InChI=1S/C11H19N/c1-9(2)8-12-6-5-10(3)7-11(12)4/h5,7,9H,6,8H2,1-4H3. The van der Waals surface area contributed by atoms with E-state index in [-0.39, 0.29) is 0 Å². The van der Waals surface area contributed by atoms with Crippen molar-refractivity contribution < 1.29 is 0 Å². The lowest BCUT2D eigenvalue weighted by Gasteiger charge is -2.28. The lowest BCUT2D eigenvalue weighted by molar-refractivity contribution is 0.329. The lowest BCUT2D eigenvalue weighted by atomic mass is 10.1. The summed E-state index contributed by atoms with van der Waals surface area (Å²) in [6.07, 6.45) is 4.54. The van der Waals surface area contributed by atoms with Crippen molar-refractivity contribution in [2.45, 2.75) is 27.7 Å². The number of hydrogen-bond donors (Lipinski definition) is 0. The molecule has 0 radical (unpaired) electrons. The molecule has 0 aromatic rings. The Hall–Kier alpha value is -0.720. The molecule has 12 heavy (non-hydrogen) atoms. The van der Waals surface area contributed by atoms with E-state index in [1.807, 2.05) is 0 Å². The van der Waals surface area contributed by atoms with E-state index in [0.29, 0.717) is 0 Å². The van der Waals surface area contributed by atoms with Gasteiger partial charge in [-0.25, -0.2) is 0 Å². The molecule has 0 saturated carbocycles. The van der Waals surface area contributed by atoms with Crippen molar-refractivity contribution in [1.29, 1.82) is 0 Å². The second kappa shape index (κ2) is 3.79. The zero-order chi connectivity index (χ0) is 9.14. The minimum Gasteiger partial charge on any atom is -0.371 e. The third-order valence-corrected chi connectivity index (χ3v) is 2.15. The van der Waals surface area contributed by atoms with Gasteiger partial charge < -0.3 is 4.90 Å². The number of nitrogens with zero attached hydrogens (tertiary/aromatic N) is 1. The highest BCUT2D eigenvalue weighted by Gasteiger charge is 2.09. The molecule has 68 valence electrons. The lowest BCUT2D eigenvalue weighted by Crippen LogP contribution is -2.28. The molecular formula is C11H19N. The Balaban J connectivity index is 2.56. The fourth-order valence-corrected chi connectivity index (χ4v) is 1.54. The van der Waals surface area contributed by atoms with Gasteiger partial charge in [0.1, 0.15) is 0 Å². The predicted molar refractivity (Wildman–Crippen MR) is 53.9 cm³/mol. The van der Waals surface area contributed by atoms with Crippen LogP contribution in [-0.4, -0.2) is 18.0 Å². The molecule has 1 heteroatoms. The van der Waals surface area contributed by atoms with Crippen LogP contribution >= 0.6 is 0 Å². The Morgan fingerprint density at radius 1 is 1.42 bits per heavy atom. The topological polar surface area (TPSA) is 3.24 Å². The van der Waals surface area contributed by atoms with Crippen LogP contribution in [0, 0.1) is 5.92 Å². The molecule has 1 nitrogen and oxygen atoms in total. The van der Waals surface area contributed by atoms with Crippen LogP contribution in [0.3, 0.4) is 0 Å². The molecule has 0 saturated heterocycles. The molecule has 0 N–H and O–H groups in total. The summed E-state index contributed by atoms with van der Waals surface area (Å²) in [6, 6.07) is 0. The smallest absolute Gasteiger partial charge is 0.0362 e. The Morgan fingerprint density at radius 3 is 2.58 bits per heavy atom. The fourth-order valence-electron chi connectivity index (χ4n) is 1.54. The Morgan fingerprint density at radius 2 is 2.08 bits per heavy atom. The van der Waals surface area contributed by atoms with Gasteiger partial charge in [0.05, 0.1) is 0 Å². The minimum atomic E-state index is 0.750. The summed E-state index contributed by atoms with van der Waals surface area (Å²) >= 11 is 0. The van der Waals surface area contributed by atoms with Gasteiger partial charge in [-0.15, -0.1) is 0 Å². The van der Waals surface area contributed by atoms with Crippen LogP contribution in [0.25, 0.3) is 0 Å². The SMILES string of the molecule is CC1=CCN(CC(C)C)C(C)=C1. The molecule has 0 amide bonds. The summed E-state index contributed by atoms with van der Waals surface area (Å²) in [4.78, 5) is 2.43.